The van der Waals surface area contributed by atoms with Gasteiger partial charge in [-0.2, -0.15) is 0 Å². The van der Waals surface area contributed by atoms with E-state index in [2.05, 4.69) is 32.8 Å². The molecule has 0 aliphatic carbocycles. The fourth-order valence-corrected chi connectivity index (χ4v) is 4.68. The molecular weight excluding hydrogens is 426 g/mol. The van der Waals surface area contributed by atoms with Gasteiger partial charge in [-0.05, 0) is 56.2 Å². The number of aromatic nitrogens is 2. The summed E-state index contributed by atoms with van der Waals surface area (Å²) in [6, 6.07) is 1.86. The molecular formula is C24H32ClN5O2. The third-order valence-corrected chi connectivity index (χ3v) is 6.70. The monoisotopic (exact) mass is 457 g/mol. The van der Waals surface area contributed by atoms with Crippen molar-refractivity contribution in [1.29, 1.82) is 0 Å². The number of hydrogen-bond donors (Lipinski definition) is 3. The molecule has 0 aromatic carbocycles. The molecule has 1 amide bonds. The van der Waals surface area contributed by atoms with Crippen LogP contribution in [0, 0.1) is 11.8 Å². The Morgan fingerprint density at radius 2 is 2.06 bits per heavy atom. The smallest absolute Gasteiger partial charge is 0.229 e. The molecule has 2 aliphatic heterocycles. The van der Waals surface area contributed by atoms with Gasteiger partial charge in [-0.15, -0.1) is 0 Å². The second kappa shape index (κ2) is 11.1. The number of carbonyl (C=O) groups excluding carboxylic acids is 1. The van der Waals surface area contributed by atoms with Gasteiger partial charge in [0.05, 0.1) is 22.8 Å². The Morgan fingerprint density at radius 3 is 2.81 bits per heavy atom. The number of carbonyl (C=O) groups is 1. The van der Waals surface area contributed by atoms with E-state index in [1.54, 1.807) is 6.20 Å². The van der Waals surface area contributed by atoms with E-state index in [1.807, 2.05) is 18.5 Å². The number of halogens is 1. The van der Waals surface area contributed by atoms with Gasteiger partial charge in [0.15, 0.2) is 0 Å². The molecule has 2 aromatic heterocycles. The zero-order valence-corrected chi connectivity index (χ0v) is 19.4. The summed E-state index contributed by atoms with van der Waals surface area (Å²) in [6.45, 7) is 6.39. The lowest BCUT2D eigenvalue weighted by atomic mass is 9.97. The summed E-state index contributed by atoms with van der Waals surface area (Å²) < 4.78 is 5.47. The standard InChI is InChI=1S/C24H32ClN5O2/c1-2-18-20(13-27-15-22(18)28-11-16-5-8-32-9-6-16)19-10-23(29-14-21(19)25)30-24(31)17-4-3-7-26-12-17/h10,13-17,26,28H,2-9,11-12H2,1H3,(H,29,30,31). The van der Waals surface area contributed by atoms with Crippen molar-refractivity contribution in [1.82, 2.24) is 15.3 Å². The second-order valence-electron chi connectivity index (χ2n) is 8.59. The van der Waals surface area contributed by atoms with Gasteiger partial charge < -0.3 is 20.7 Å². The number of amides is 1. The van der Waals surface area contributed by atoms with E-state index in [0.717, 1.165) is 80.8 Å². The van der Waals surface area contributed by atoms with E-state index in [9.17, 15) is 4.79 Å². The lowest BCUT2D eigenvalue weighted by Crippen LogP contribution is -2.37. The Hall–Kier alpha value is -2.22. The van der Waals surface area contributed by atoms with E-state index < -0.39 is 0 Å². The van der Waals surface area contributed by atoms with Crippen LogP contribution in [-0.4, -0.2) is 48.7 Å². The summed E-state index contributed by atoms with van der Waals surface area (Å²) in [4.78, 5) is 21.5. The Balaban J connectivity index is 1.54. The first-order valence-corrected chi connectivity index (χ1v) is 12.0. The molecule has 172 valence electrons. The molecule has 2 saturated heterocycles. The summed E-state index contributed by atoms with van der Waals surface area (Å²) >= 11 is 6.55. The quantitative estimate of drug-likeness (QED) is 0.579. The van der Waals surface area contributed by atoms with Crippen LogP contribution in [0.25, 0.3) is 11.1 Å². The molecule has 4 heterocycles. The number of ether oxygens (including phenoxy) is 1. The number of piperidine rings is 1. The molecule has 2 aliphatic rings. The van der Waals surface area contributed by atoms with Crippen molar-refractivity contribution in [2.24, 2.45) is 11.8 Å². The Bertz CT molecular complexity index is 927. The average molecular weight is 458 g/mol. The van der Waals surface area contributed by atoms with E-state index in [4.69, 9.17) is 16.3 Å². The van der Waals surface area contributed by atoms with Crippen LogP contribution in [0.3, 0.4) is 0 Å². The highest BCUT2D eigenvalue weighted by Gasteiger charge is 2.22. The third kappa shape index (κ3) is 5.57. The summed E-state index contributed by atoms with van der Waals surface area (Å²) in [6.07, 6.45) is 10.2. The zero-order valence-electron chi connectivity index (χ0n) is 18.6. The zero-order chi connectivity index (χ0) is 22.3. The van der Waals surface area contributed by atoms with Crippen molar-refractivity contribution in [2.45, 2.75) is 39.0 Å². The van der Waals surface area contributed by atoms with Crippen molar-refractivity contribution in [3.8, 4) is 11.1 Å². The normalized spacial score (nSPS) is 19.5. The van der Waals surface area contributed by atoms with Gasteiger partial charge in [0.2, 0.25) is 5.91 Å². The minimum Gasteiger partial charge on any atom is -0.383 e. The maximum atomic E-state index is 12.7. The van der Waals surface area contributed by atoms with Crippen molar-refractivity contribution in [2.75, 3.05) is 43.5 Å². The van der Waals surface area contributed by atoms with Crippen LogP contribution in [0.4, 0.5) is 11.5 Å². The van der Waals surface area contributed by atoms with Gasteiger partial charge in [0.25, 0.3) is 0 Å². The highest BCUT2D eigenvalue weighted by Crippen LogP contribution is 2.35. The van der Waals surface area contributed by atoms with Gasteiger partial charge in [0, 0.05) is 49.8 Å². The van der Waals surface area contributed by atoms with Gasteiger partial charge in [-0.3, -0.25) is 9.78 Å². The van der Waals surface area contributed by atoms with Crippen molar-refractivity contribution < 1.29 is 9.53 Å². The van der Waals surface area contributed by atoms with E-state index >= 15 is 0 Å². The number of hydrogen-bond acceptors (Lipinski definition) is 6. The summed E-state index contributed by atoms with van der Waals surface area (Å²) in [5, 5.41) is 10.4. The fraction of sp³-hybridized carbons (Fsp3) is 0.542. The molecule has 4 rings (SSSR count). The predicted molar refractivity (Wildman–Crippen MR) is 128 cm³/mol. The molecule has 0 radical (unpaired) electrons. The maximum Gasteiger partial charge on any atom is 0.229 e. The molecule has 0 saturated carbocycles. The molecule has 1 atom stereocenters. The Labute approximate surface area is 194 Å². The van der Waals surface area contributed by atoms with E-state index in [-0.39, 0.29) is 11.8 Å². The first kappa shape index (κ1) is 23.0. The number of pyridine rings is 2. The van der Waals surface area contributed by atoms with Gasteiger partial charge >= 0.3 is 0 Å². The number of rotatable bonds is 7. The summed E-state index contributed by atoms with van der Waals surface area (Å²) in [5.41, 5.74) is 3.99. The molecule has 0 bridgehead atoms. The highest BCUT2D eigenvalue weighted by atomic mass is 35.5. The fourth-order valence-electron chi connectivity index (χ4n) is 4.47. The predicted octanol–water partition coefficient (Wildman–Crippen LogP) is 4.14. The SMILES string of the molecule is CCc1c(NCC2CCOCC2)cncc1-c1cc(NC(=O)C2CCCNC2)ncc1Cl. The molecule has 1 unspecified atom stereocenters. The number of nitrogens with one attached hydrogen (secondary N) is 3. The molecule has 0 spiro atoms. The lowest BCUT2D eigenvalue weighted by molar-refractivity contribution is -0.120. The minimum atomic E-state index is -0.0322. The molecule has 32 heavy (non-hydrogen) atoms. The van der Waals surface area contributed by atoms with E-state index in [0.29, 0.717) is 23.3 Å². The van der Waals surface area contributed by atoms with Crippen molar-refractivity contribution in [3.05, 3.63) is 35.2 Å². The molecule has 7 nitrogen and oxygen atoms in total. The van der Waals surface area contributed by atoms with Crippen LogP contribution >= 0.6 is 11.6 Å². The largest absolute Gasteiger partial charge is 0.383 e. The van der Waals surface area contributed by atoms with Gasteiger partial charge in [-0.25, -0.2) is 4.98 Å². The van der Waals surface area contributed by atoms with Crippen LogP contribution in [0.2, 0.25) is 5.02 Å². The first-order valence-electron chi connectivity index (χ1n) is 11.6. The van der Waals surface area contributed by atoms with Crippen LogP contribution in [0.1, 0.15) is 38.2 Å². The topological polar surface area (TPSA) is 88.2 Å². The third-order valence-electron chi connectivity index (χ3n) is 6.40. The molecule has 3 N–H and O–H groups in total. The van der Waals surface area contributed by atoms with Gasteiger partial charge in [0.1, 0.15) is 5.82 Å². The molecule has 2 aromatic rings. The van der Waals surface area contributed by atoms with Crippen molar-refractivity contribution in [3.63, 3.8) is 0 Å². The Kier molecular flexibility index (Phi) is 7.95. The molecule has 8 heteroatoms. The van der Waals surface area contributed by atoms with E-state index in [1.165, 1.54) is 0 Å². The van der Waals surface area contributed by atoms with Crippen LogP contribution in [0.15, 0.2) is 24.7 Å². The lowest BCUT2D eigenvalue weighted by Gasteiger charge is -2.24. The van der Waals surface area contributed by atoms with Crippen LogP contribution in [-0.2, 0) is 16.0 Å². The van der Waals surface area contributed by atoms with Gasteiger partial charge in [-0.1, -0.05) is 18.5 Å². The summed E-state index contributed by atoms with van der Waals surface area (Å²) in [7, 11) is 0. The Morgan fingerprint density at radius 1 is 1.22 bits per heavy atom. The van der Waals surface area contributed by atoms with Crippen molar-refractivity contribution >= 4 is 29.0 Å². The minimum absolute atomic E-state index is 0.00121. The van der Waals surface area contributed by atoms with Crippen LogP contribution in [0.5, 0.6) is 0 Å². The van der Waals surface area contributed by atoms with Crippen LogP contribution < -0.4 is 16.0 Å². The maximum absolute atomic E-state index is 12.7. The number of nitrogens with zero attached hydrogens (tertiary/aromatic N) is 2. The second-order valence-corrected chi connectivity index (χ2v) is 8.99. The summed E-state index contributed by atoms with van der Waals surface area (Å²) in [5.74, 6) is 1.09. The average Bonchev–Trinajstić information content (AvgIpc) is 2.84. The number of anilines is 2. The highest BCUT2D eigenvalue weighted by molar-refractivity contribution is 6.33. The first-order chi connectivity index (χ1) is 15.7. The molecule has 2 fully saturated rings.